The SMILES string of the molecule is CCCCCCCCCCCCCCCC[PH3+]. The summed E-state index contributed by atoms with van der Waals surface area (Å²) in [6.45, 7) is 2.29. The summed E-state index contributed by atoms with van der Waals surface area (Å²) in [6.07, 6.45) is 22.0. The predicted octanol–water partition coefficient (Wildman–Crippen LogP) is 6.08. The maximum absolute atomic E-state index is 2.29. The van der Waals surface area contributed by atoms with Gasteiger partial charge in [-0.05, 0) is 22.1 Å². The van der Waals surface area contributed by atoms with E-state index in [9.17, 15) is 0 Å². The van der Waals surface area contributed by atoms with Crippen molar-refractivity contribution in [2.24, 2.45) is 0 Å². The molecule has 0 aromatic carbocycles. The molecule has 0 aromatic heterocycles. The van der Waals surface area contributed by atoms with Gasteiger partial charge in [-0.15, -0.1) is 0 Å². The van der Waals surface area contributed by atoms with Gasteiger partial charge in [0.25, 0.3) is 0 Å². The first-order valence-corrected chi connectivity index (χ1v) is 9.21. The van der Waals surface area contributed by atoms with Crippen molar-refractivity contribution in [2.75, 3.05) is 6.16 Å². The standard InChI is InChI=1S/C16H35P/c1-2-3-4-5-6-7-8-9-10-11-12-13-14-15-16-17/h2-17H2,1H3/p+1. The Bertz CT molecular complexity index is 109. The molecular weight excluding hydrogens is 223 g/mol. The Kier molecular flexibility index (Phi) is 16.8. The minimum atomic E-state index is 1.37. The van der Waals surface area contributed by atoms with Crippen molar-refractivity contribution in [1.29, 1.82) is 0 Å². The van der Waals surface area contributed by atoms with Crippen LogP contribution >= 0.6 is 9.24 Å². The molecule has 0 radical (unpaired) electrons. The van der Waals surface area contributed by atoms with E-state index in [0.29, 0.717) is 0 Å². The topological polar surface area (TPSA) is 0 Å². The lowest BCUT2D eigenvalue weighted by molar-refractivity contribution is 0.538. The lowest BCUT2D eigenvalue weighted by Gasteiger charge is -2.02. The maximum atomic E-state index is 2.29. The summed E-state index contributed by atoms with van der Waals surface area (Å²) < 4.78 is 0. The molecule has 17 heavy (non-hydrogen) atoms. The fourth-order valence-electron chi connectivity index (χ4n) is 2.37. The Hall–Kier alpha value is 0.430. The van der Waals surface area contributed by atoms with Gasteiger partial charge in [-0.25, -0.2) is 0 Å². The number of unbranched alkanes of at least 4 members (excludes halogenated alkanes) is 13. The van der Waals surface area contributed by atoms with Crippen molar-refractivity contribution >= 4 is 9.24 Å². The number of hydrogen-bond acceptors (Lipinski definition) is 0. The summed E-state index contributed by atoms with van der Waals surface area (Å²) >= 11 is 0. The Morgan fingerprint density at radius 1 is 0.471 bits per heavy atom. The largest absolute Gasteiger partial charge is 0.0654 e. The van der Waals surface area contributed by atoms with Crippen LogP contribution in [-0.4, -0.2) is 6.16 Å². The van der Waals surface area contributed by atoms with Gasteiger partial charge in [-0.2, -0.15) is 0 Å². The summed E-state index contributed by atoms with van der Waals surface area (Å²) in [4.78, 5) is 0. The van der Waals surface area contributed by atoms with Crippen molar-refractivity contribution in [3.8, 4) is 0 Å². The Labute approximate surface area is 113 Å². The molecule has 0 aliphatic carbocycles. The fraction of sp³-hybridized carbons (Fsp3) is 1.00. The van der Waals surface area contributed by atoms with E-state index < -0.39 is 0 Å². The molecule has 0 aromatic rings. The van der Waals surface area contributed by atoms with E-state index >= 15 is 0 Å². The predicted molar refractivity (Wildman–Crippen MR) is 86.3 cm³/mol. The lowest BCUT2D eigenvalue weighted by Crippen LogP contribution is -1.83. The van der Waals surface area contributed by atoms with Crippen LogP contribution in [0.4, 0.5) is 0 Å². The highest BCUT2D eigenvalue weighted by atomic mass is 31.0. The molecule has 1 heteroatoms. The van der Waals surface area contributed by atoms with Gasteiger partial charge in [0.15, 0.2) is 0 Å². The first kappa shape index (κ1) is 17.4. The molecule has 0 saturated carbocycles. The second-order valence-electron chi connectivity index (χ2n) is 5.45. The van der Waals surface area contributed by atoms with Crippen LogP contribution in [0.25, 0.3) is 0 Å². The normalized spacial score (nSPS) is 11.1. The molecule has 0 saturated heterocycles. The molecule has 0 aliphatic rings. The van der Waals surface area contributed by atoms with Crippen molar-refractivity contribution in [3.05, 3.63) is 0 Å². The fourth-order valence-corrected chi connectivity index (χ4v) is 2.72. The molecule has 1 atom stereocenters. The number of rotatable bonds is 14. The van der Waals surface area contributed by atoms with Crippen LogP contribution in [0.3, 0.4) is 0 Å². The molecule has 0 N–H and O–H groups in total. The lowest BCUT2D eigenvalue weighted by atomic mass is 10.0. The van der Waals surface area contributed by atoms with Gasteiger partial charge in [0.2, 0.25) is 0 Å². The summed E-state index contributed by atoms with van der Waals surface area (Å²) in [5.41, 5.74) is 0. The summed E-state index contributed by atoms with van der Waals surface area (Å²) in [5, 5.41) is 0. The average molecular weight is 259 g/mol. The van der Waals surface area contributed by atoms with E-state index in [4.69, 9.17) is 0 Å². The second kappa shape index (κ2) is 16.4. The molecule has 0 spiro atoms. The third-order valence-electron chi connectivity index (χ3n) is 3.60. The van der Waals surface area contributed by atoms with Crippen LogP contribution in [0.1, 0.15) is 96.8 Å². The highest BCUT2D eigenvalue weighted by molar-refractivity contribution is 7.16. The zero-order chi connectivity index (χ0) is 12.6. The Morgan fingerprint density at radius 3 is 1.06 bits per heavy atom. The zero-order valence-electron chi connectivity index (χ0n) is 12.3. The van der Waals surface area contributed by atoms with E-state index in [-0.39, 0.29) is 0 Å². The minimum absolute atomic E-state index is 1.37. The van der Waals surface area contributed by atoms with E-state index in [1.54, 1.807) is 0 Å². The van der Waals surface area contributed by atoms with Crippen LogP contribution in [0, 0.1) is 0 Å². The highest BCUT2D eigenvalue weighted by Gasteiger charge is 1.93. The number of hydrogen-bond donors (Lipinski definition) is 0. The van der Waals surface area contributed by atoms with Crippen molar-refractivity contribution in [2.45, 2.75) is 96.8 Å². The average Bonchev–Trinajstić information content (AvgIpc) is 2.35. The first-order valence-electron chi connectivity index (χ1n) is 8.21. The van der Waals surface area contributed by atoms with E-state index in [2.05, 4.69) is 16.2 Å². The molecular formula is C16H36P+. The minimum Gasteiger partial charge on any atom is -0.0654 e. The summed E-state index contributed by atoms with van der Waals surface area (Å²) in [7, 11) is 2.12. The zero-order valence-corrected chi connectivity index (χ0v) is 13.7. The van der Waals surface area contributed by atoms with Gasteiger partial charge in [0.1, 0.15) is 0 Å². The quantitative estimate of drug-likeness (QED) is 0.262. The van der Waals surface area contributed by atoms with Crippen LogP contribution < -0.4 is 0 Å². The monoisotopic (exact) mass is 259 g/mol. The van der Waals surface area contributed by atoms with Gasteiger partial charge >= 0.3 is 0 Å². The maximum Gasteiger partial charge on any atom is 0.0526 e. The van der Waals surface area contributed by atoms with Crippen molar-refractivity contribution < 1.29 is 0 Å². The molecule has 0 bridgehead atoms. The molecule has 0 amide bonds. The van der Waals surface area contributed by atoms with Gasteiger partial charge in [0, 0.05) is 0 Å². The van der Waals surface area contributed by atoms with Crippen LogP contribution in [0.2, 0.25) is 0 Å². The molecule has 104 valence electrons. The third-order valence-corrected chi connectivity index (χ3v) is 4.10. The highest BCUT2D eigenvalue weighted by Crippen LogP contribution is 2.12. The van der Waals surface area contributed by atoms with Gasteiger partial charge in [-0.1, -0.05) is 84.0 Å². The van der Waals surface area contributed by atoms with Crippen LogP contribution in [-0.2, 0) is 0 Å². The van der Waals surface area contributed by atoms with Crippen molar-refractivity contribution in [1.82, 2.24) is 0 Å². The molecule has 0 heterocycles. The van der Waals surface area contributed by atoms with E-state index in [1.165, 1.54) is 96.1 Å². The summed E-state index contributed by atoms with van der Waals surface area (Å²) in [6, 6.07) is 0. The first-order chi connectivity index (χ1) is 8.41. The molecule has 0 aliphatic heterocycles. The van der Waals surface area contributed by atoms with Crippen LogP contribution in [0.5, 0.6) is 0 Å². The third kappa shape index (κ3) is 16.4. The smallest absolute Gasteiger partial charge is 0.0526 e. The van der Waals surface area contributed by atoms with Gasteiger partial charge in [-0.3, -0.25) is 0 Å². The second-order valence-corrected chi connectivity index (χ2v) is 6.16. The Balaban J connectivity index is 2.85. The molecule has 0 rings (SSSR count). The van der Waals surface area contributed by atoms with Gasteiger partial charge < -0.3 is 0 Å². The summed E-state index contributed by atoms with van der Waals surface area (Å²) in [5.74, 6) is 0. The Morgan fingerprint density at radius 2 is 0.765 bits per heavy atom. The van der Waals surface area contributed by atoms with Crippen molar-refractivity contribution in [3.63, 3.8) is 0 Å². The molecule has 1 unspecified atom stereocenters. The van der Waals surface area contributed by atoms with E-state index in [1.807, 2.05) is 0 Å². The molecule has 0 fully saturated rings. The van der Waals surface area contributed by atoms with Gasteiger partial charge in [0.05, 0.1) is 6.16 Å². The molecule has 0 nitrogen and oxygen atoms in total. The van der Waals surface area contributed by atoms with Crippen LogP contribution in [0.15, 0.2) is 0 Å². The van der Waals surface area contributed by atoms with E-state index in [0.717, 1.165) is 0 Å².